The van der Waals surface area contributed by atoms with Gasteiger partial charge in [0.1, 0.15) is 18.9 Å². The lowest BCUT2D eigenvalue weighted by Gasteiger charge is -2.57. The molecule has 6 heteroatoms. The van der Waals surface area contributed by atoms with E-state index in [0.29, 0.717) is 19.3 Å². The van der Waals surface area contributed by atoms with Gasteiger partial charge >= 0.3 is 5.97 Å². The van der Waals surface area contributed by atoms with E-state index in [1.54, 1.807) is 6.07 Å². The number of esters is 1. The van der Waals surface area contributed by atoms with Crippen LogP contribution in [0, 0.1) is 18.1 Å². The highest BCUT2D eigenvalue weighted by Gasteiger charge is 2.60. The summed E-state index contributed by atoms with van der Waals surface area (Å²) in [5.41, 5.74) is 0.743. The highest BCUT2D eigenvalue weighted by molar-refractivity contribution is 6.80. The Morgan fingerprint density at radius 3 is 2.63 bits per heavy atom. The van der Waals surface area contributed by atoms with Crippen LogP contribution in [0.5, 0.6) is 0 Å². The smallest absolute Gasteiger partial charge is 0.329 e. The second kappa shape index (κ2) is 8.26. The first kappa shape index (κ1) is 21.2. The Labute approximate surface area is 163 Å². The molecular weight excluding hydrogens is 358 g/mol. The number of ether oxygens (including phenoxy) is 1. The van der Waals surface area contributed by atoms with Crippen LogP contribution in [-0.2, 0) is 25.7 Å². The number of carbonyl (C=O) groups excluding carboxylic acids is 3. The maximum absolute atomic E-state index is 12.9. The highest BCUT2D eigenvalue weighted by atomic mass is 28.3. The van der Waals surface area contributed by atoms with E-state index in [1.165, 1.54) is 0 Å². The molecule has 27 heavy (non-hydrogen) atoms. The van der Waals surface area contributed by atoms with Crippen LogP contribution in [0.25, 0.3) is 0 Å². The summed E-state index contributed by atoms with van der Waals surface area (Å²) in [5.74, 6) is -0.736. The predicted octanol–water partition coefficient (Wildman–Crippen LogP) is 3.53. The minimum absolute atomic E-state index is 0.0223. The van der Waals surface area contributed by atoms with Crippen LogP contribution in [0.2, 0.25) is 18.1 Å². The molecule has 0 unspecified atom stereocenters. The lowest BCUT2D eigenvalue weighted by molar-refractivity contribution is -0.169. The first-order valence-electron chi connectivity index (χ1n) is 9.42. The first-order valence-corrected chi connectivity index (χ1v) is 12.4. The van der Waals surface area contributed by atoms with Gasteiger partial charge in [0, 0.05) is 12.0 Å². The quantitative estimate of drug-likeness (QED) is 0.225. The van der Waals surface area contributed by atoms with Gasteiger partial charge in [-0.25, -0.2) is 4.79 Å². The number of carbonyl (C=O) groups is 3. The molecule has 1 fully saturated rings. The van der Waals surface area contributed by atoms with Crippen LogP contribution in [0.3, 0.4) is 0 Å². The molecule has 1 aliphatic rings. The number of hydrogen-bond acceptors (Lipinski definition) is 4. The van der Waals surface area contributed by atoms with Crippen molar-refractivity contribution in [3.05, 3.63) is 35.9 Å². The van der Waals surface area contributed by atoms with E-state index in [2.05, 4.69) is 46.0 Å². The molecule has 2 rings (SSSR count). The predicted molar refractivity (Wildman–Crippen MR) is 105 cm³/mol. The van der Waals surface area contributed by atoms with Crippen LogP contribution in [0.15, 0.2) is 18.2 Å². The molecule has 5 nitrogen and oxygen atoms in total. The van der Waals surface area contributed by atoms with E-state index in [9.17, 15) is 14.4 Å². The highest BCUT2D eigenvalue weighted by Crippen LogP contribution is 2.46. The van der Waals surface area contributed by atoms with Crippen LogP contribution < -0.4 is 0 Å². The van der Waals surface area contributed by atoms with Crippen molar-refractivity contribution in [2.75, 3.05) is 0 Å². The minimum atomic E-state index is -2.21. The molecule has 0 bridgehead atoms. The van der Waals surface area contributed by atoms with Crippen LogP contribution in [0.4, 0.5) is 0 Å². The molecule has 1 aromatic carbocycles. The van der Waals surface area contributed by atoms with E-state index in [4.69, 9.17) is 4.74 Å². The summed E-state index contributed by atoms with van der Waals surface area (Å²) in [6.45, 7) is 10.7. The number of β-lactam (4-membered cyclic amide) rings is 1. The second-order valence-electron chi connectivity index (χ2n) is 8.59. The monoisotopic (exact) mass is 387 g/mol. The van der Waals surface area contributed by atoms with Crippen LogP contribution in [0.1, 0.15) is 45.6 Å². The van der Waals surface area contributed by atoms with Crippen molar-refractivity contribution in [2.45, 2.75) is 70.8 Å². The Hall–Kier alpha value is -2.13. The summed E-state index contributed by atoms with van der Waals surface area (Å²) in [6.07, 6.45) is 2.40. The summed E-state index contributed by atoms with van der Waals surface area (Å²) in [4.78, 5) is 36.4. The van der Waals surface area contributed by atoms with E-state index in [-0.39, 0.29) is 23.5 Å². The Balaban J connectivity index is 2.17. The number of unbranched alkanes of at least 4 members (excludes halogenated alkanes) is 1. The van der Waals surface area contributed by atoms with Crippen molar-refractivity contribution in [3.8, 4) is 0 Å². The van der Waals surface area contributed by atoms with Crippen molar-refractivity contribution in [2.24, 2.45) is 5.92 Å². The molecule has 0 N–H and O–H groups in total. The fourth-order valence-electron chi connectivity index (χ4n) is 3.21. The zero-order valence-corrected chi connectivity index (χ0v) is 17.9. The molecule has 0 spiro atoms. The third-order valence-corrected chi connectivity index (χ3v) is 11.2. The number of rotatable bonds is 8. The van der Waals surface area contributed by atoms with Crippen molar-refractivity contribution in [3.63, 3.8) is 0 Å². The molecule has 0 radical (unpaired) electrons. The van der Waals surface area contributed by atoms with Crippen molar-refractivity contribution in [1.29, 1.82) is 0 Å². The van der Waals surface area contributed by atoms with Gasteiger partial charge in [-0.3, -0.25) is 4.79 Å². The van der Waals surface area contributed by atoms with Gasteiger partial charge in [-0.15, -0.1) is 0 Å². The molecule has 0 aromatic heterocycles. The Morgan fingerprint density at radius 1 is 1.37 bits per heavy atom. The van der Waals surface area contributed by atoms with Crippen LogP contribution >= 0.6 is 0 Å². The van der Waals surface area contributed by atoms with Gasteiger partial charge in [-0.2, -0.15) is 0 Å². The Kier molecular flexibility index (Phi) is 6.48. The minimum Gasteiger partial charge on any atom is -0.459 e. The van der Waals surface area contributed by atoms with Crippen LogP contribution in [-0.4, -0.2) is 37.0 Å². The molecule has 1 amide bonds. The Morgan fingerprint density at radius 2 is 2.07 bits per heavy atom. The van der Waals surface area contributed by atoms with E-state index in [1.807, 2.05) is 16.7 Å². The lowest BCUT2D eigenvalue weighted by atomic mass is 9.86. The van der Waals surface area contributed by atoms with E-state index in [0.717, 1.165) is 11.8 Å². The number of aldehydes is 1. The zero-order chi connectivity index (χ0) is 20.2. The van der Waals surface area contributed by atoms with Gasteiger partial charge in [-0.1, -0.05) is 52.1 Å². The van der Waals surface area contributed by atoms with E-state index < -0.39 is 20.2 Å². The lowest BCUT2D eigenvalue weighted by Crippen LogP contribution is -2.74. The fraction of sp³-hybridized carbons (Fsp3) is 0.571. The maximum Gasteiger partial charge on any atom is 0.329 e. The van der Waals surface area contributed by atoms with Gasteiger partial charge in [0.05, 0.1) is 5.92 Å². The number of hydrogen-bond donors (Lipinski definition) is 0. The van der Waals surface area contributed by atoms with E-state index >= 15 is 0 Å². The molecule has 2 atom stereocenters. The largest absolute Gasteiger partial charge is 0.459 e. The maximum atomic E-state index is 12.9. The summed E-state index contributed by atoms with van der Waals surface area (Å²) >= 11 is 0. The Bertz CT molecular complexity index is 681. The van der Waals surface area contributed by atoms with Crippen molar-refractivity contribution >= 4 is 26.4 Å². The third kappa shape index (κ3) is 4.41. The fourth-order valence-corrected chi connectivity index (χ4v) is 5.63. The van der Waals surface area contributed by atoms with Gasteiger partial charge in [0.15, 0.2) is 8.24 Å². The molecule has 1 aliphatic heterocycles. The molecular formula is C21H29NO4Si. The van der Waals surface area contributed by atoms with Crippen molar-refractivity contribution < 1.29 is 19.1 Å². The molecule has 146 valence electrons. The summed E-state index contributed by atoms with van der Waals surface area (Å²) in [5, 5.41) is -0.0723. The third-order valence-electron chi connectivity index (χ3n) is 5.81. The van der Waals surface area contributed by atoms with Gasteiger partial charge < -0.3 is 14.1 Å². The molecule has 1 aromatic rings. The summed E-state index contributed by atoms with van der Waals surface area (Å²) in [6, 6.07) is 10.6. The topological polar surface area (TPSA) is 63.7 Å². The summed E-state index contributed by atoms with van der Waals surface area (Å²) in [7, 11) is -2.21. The molecule has 0 aliphatic carbocycles. The molecule has 1 saturated heterocycles. The number of nitrogens with zero attached hydrogens (tertiary/aromatic N) is 1. The van der Waals surface area contributed by atoms with Gasteiger partial charge in [-0.05, 0) is 30.0 Å². The van der Waals surface area contributed by atoms with Gasteiger partial charge in [0.25, 0.3) is 0 Å². The average Bonchev–Trinajstić information content (AvgIpc) is 2.60. The summed E-state index contributed by atoms with van der Waals surface area (Å²) < 4.78 is 7.33. The van der Waals surface area contributed by atoms with Crippen molar-refractivity contribution in [1.82, 2.24) is 4.57 Å². The standard InChI is InChI=1S/C21H29NO4Si/c1-21(2,3)27(4,5)22-18(17(19(22)24)13-9-10-14-23)20(25)26-15-16-11-7-6-8-12-16/h6-7,11,14,17-18H,9-10,13,15H2,1-5H3/t17-,18+/m1/s1. The SMILES string of the molecule is CC(C)(C)[Si](C)(C)N1C(=O)[C@H](CCCC=O)[C@H]1C(=O)OCc1c#cccc1. The van der Waals surface area contributed by atoms with Gasteiger partial charge in [0.2, 0.25) is 5.91 Å². The second-order valence-corrected chi connectivity index (χ2v) is 13.7. The first-order chi connectivity index (χ1) is 12.6. The normalized spacial score (nSPS) is 19.9. The average molecular weight is 388 g/mol. The molecule has 0 saturated carbocycles. The molecule has 1 heterocycles. The number of amides is 1. The zero-order valence-electron chi connectivity index (χ0n) is 16.9.